The molecule has 21 heavy (non-hydrogen) atoms. The molecule has 0 aliphatic carbocycles. The van der Waals surface area contributed by atoms with Crippen LogP contribution in [0.25, 0.3) is 0 Å². The number of amides is 1. The summed E-state index contributed by atoms with van der Waals surface area (Å²) in [6.45, 7) is 11.4. The number of benzene rings is 1. The molecule has 0 saturated carbocycles. The fourth-order valence-corrected chi connectivity index (χ4v) is 2.17. The summed E-state index contributed by atoms with van der Waals surface area (Å²) in [4.78, 5) is 14.2. The van der Waals surface area contributed by atoms with Crippen LogP contribution in [0, 0.1) is 0 Å². The van der Waals surface area contributed by atoms with Gasteiger partial charge in [-0.15, -0.1) is 6.58 Å². The molecule has 116 valence electrons. The molecule has 0 aliphatic heterocycles. The van der Waals surface area contributed by atoms with E-state index in [9.17, 15) is 4.79 Å². The summed E-state index contributed by atoms with van der Waals surface area (Å²) in [6, 6.07) is 7.68. The number of rotatable bonds is 9. The number of carbonyl (C=O) groups is 1. The molecule has 4 nitrogen and oxygen atoms in total. The molecule has 1 aromatic carbocycles. The van der Waals surface area contributed by atoms with Crippen LogP contribution < -0.4 is 11.1 Å². The van der Waals surface area contributed by atoms with E-state index in [1.807, 2.05) is 12.1 Å². The normalized spacial score (nSPS) is 12.2. The van der Waals surface area contributed by atoms with E-state index in [0.29, 0.717) is 13.0 Å². The van der Waals surface area contributed by atoms with Crippen LogP contribution >= 0.6 is 0 Å². The molecule has 0 aliphatic rings. The monoisotopic (exact) mass is 289 g/mol. The van der Waals surface area contributed by atoms with E-state index in [0.717, 1.165) is 25.2 Å². The van der Waals surface area contributed by atoms with Crippen molar-refractivity contribution in [3.63, 3.8) is 0 Å². The topological polar surface area (TPSA) is 58.4 Å². The fraction of sp³-hybridized carbons (Fsp3) is 0.471. The SMILES string of the molecule is C=CCC(N)C(=O)NCc1ccccc1CN(CC)CC. The van der Waals surface area contributed by atoms with Gasteiger partial charge in [0, 0.05) is 13.1 Å². The average molecular weight is 289 g/mol. The lowest BCUT2D eigenvalue weighted by atomic mass is 10.1. The van der Waals surface area contributed by atoms with E-state index in [1.54, 1.807) is 6.08 Å². The van der Waals surface area contributed by atoms with E-state index >= 15 is 0 Å². The average Bonchev–Trinajstić information content (AvgIpc) is 2.51. The molecule has 0 saturated heterocycles. The molecule has 0 radical (unpaired) electrons. The molecule has 0 heterocycles. The summed E-state index contributed by atoms with van der Waals surface area (Å²) in [7, 11) is 0. The highest BCUT2D eigenvalue weighted by molar-refractivity contribution is 5.81. The summed E-state index contributed by atoms with van der Waals surface area (Å²) in [5.41, 5.74) is 8.15. The van der Waals surface area contributed by atoms with Crippen molar-refractivity contribution in [2.45, 2.75) is 39.4 Å². The maximum Gasteiger partial charge on any atom is 0.237 e. The zero-order chi connectivity index (χ0) is 15.7. The number of carbonyl (C=O) groups excluding carboxylic acids is 1. The van der Waals surface area contributed by atoms with Crippen molar-refractivity contribution in [1.29, 1.82) is 0 Å². The van der Waals surface area contributed by atoms with Crippen molar-refractivity contribution in [1.82, 2.24) is 10.2 Å². The van der Waals surface area contributed by atoms with E-state index in [-0.39, 0.29) is 5.91 Å². The third-order valence-electron chi connectivity index (χ3n) is 3.62. The highest BCUT2D eigenvalue weighted by atomic mass is 16.2. The number of hydrogen-bond donors (Lipinski definition) is 2. The second-order valence-electron chi connectivity index (χ2n) is 5.08. The van der Waals surface area contributed by atoms with Crippen LogP contribution in [-0.2, 0) is 17.9 Å². The van der Waals surface area contributed by atoms with Crippen LogP contribution in [0.5, 0.6) is 0 Å². The molecule has 1 atom stereocenters. The quantitative estimate of drug-likeness (QED) is 0.684. The zero-order valence-corrected chi connectivity index (χ0v) is 13.1. The van der Waals surface area contributed by atoms with Crippen LogP contribution in [0.2, 0.25) is 0 Å². The minimum atomic E-state index is -0.516. The lowest BCUT2D eigenvalue weighted by Gasteiger charge is -2.20. The minimum absolute atomic E-state index is 0.132. The van der Waals surface area contributed by atoms with Gasteiger partial charge in [-0.1, -0.05) is 44.2 Å². The second-order valence-corrected chi connectivity index (χ2v) is 5.08. The predicted octanol–water partition coefficient (Wildman–Crippen LogP) is 2.05. The molecule has 3 N–H and O–H groups in total. The van der Waals surface area contributed by atoms with E-state index in [2.05, 4.69) is 42.8 Å². The molecular formula is C17H27N3O. The van der Waals surface area contributed by atoms with Crippen molar-refractivity contribution in [2.24, 2.45) is 5.73 Å². The number of hydrogen-bond acceptors (Lipinski definition) is 3. The van der Waals surface area contributed by atoms with Gasteiger partial charge in [-0.25, -0.2) is 0 Å². The standard InChI is InChI=1S/C17H27N3O/c1-4-9-16(18)17(21)19-12-14-10-7-8-11-15(14)13-20(5-2)6-3/h4,7-8,10-11,16H,1,5-6,9,12-13,18H2,2-3H3,(H,19,21). The second kappa shape index (κ2) is 9.32. The Bertz CT molecular complexity index is 455. The van der Waals surface area contributed by atoms with Crippen molar-refractivity contribution in [2.75, 3.05) is 13.1 Å². The van der Waals surface area contributed by atoms with Gasteiger partial charge in [0.25, 0.3) is 0 Å². The largest absolute Gasteiger partial charge is 0.351 e. The Morgan fingerprint density at radius 2 is 1.95 bits per heavy atom. The summed E-state index contributed by atoms with van der Waals surface area (Å²) in [5.74, 6) is -0.132. The number of nitrogens with two attached hydrogens (primary N) is 1. The first kappa shape index (κ1) is 17.4. The van der Waals surface area contributed by atoms with Gasteiger partial charge in [0.15, 0.2) is 0 Å². The molecular weight excluding hydrogens is 262 g/mol. The Morgan fingerprint density at radius 3 is 2.52 bits per heavy atom. The molecule has 0 aromatic heterocycles. The van der Waals surface area contributed by atoms with Crippen molar-refractivity contribution in [3.8, 4) is 0 Å². The predicted molar refractivity (Wildman–Crippen MR) is 87.7 cm³/mol. The van der Waals surface area contributed by atoms with Crippen LogP contribution in [0.3, 0.4) is 0 Å². The maximum absolute atomic E-state index is 11.9. The van der Waals surface area contributed by atoms with Gasteiger partial charge in [0.2, 0.25) is 5.91 Å². The Morgan fingerprint density at radius 1 is 1.33 bits per heavy atom. The van der Waals surface area contributed by atoms with Gasteiger partial charge in [0.05, 0.1) is 6.04 Å². The summed E-state index contributed by atoms with van der Waals surface area (Å²) < 4.78 is 0. The van der Waals surface area contributed by atoms with E-state index in [4.69, 9.17) is 5.73 Å². The van der Waals surface area contributed by atoms with Gasteiger partial charge in [0.1, 0.15) is 0 Å². The summed E-state index contributed by atoms with van der Waals surface area (Å²) in [5, 5.41) is 2.90. The first-order chi connectivity index (χ1) is 10.1. The Hall–Kier alpha value is -1.65. The van der Waals surface area contributed by atoms with Crippen molar-refractivity contribution < 1.29 is 4.79 Å². The van der Waals surface area contributed by atoms with Gasteiger partial charge in [-0.2, -0.15) is 0 Å². The van der Waals surface area contributed by atoms with Crippen molar-refractivity contribution >= 4 is 5.91 Å². The van der Waals surface area contributed by atoms with E-state index in [1.165, 1.54) is 5.56 Å². The third kappa shape index (κ3) is 5.69. The smallest absolute Gasteiger partial charge is 0.237 e. The molecule has 0 fully saturated rings. The third-order valence-corrected chi connectivity index (χ3v) is 3.62. The molecule has 0 bridgehead atoms. The molecule has 1 amide bonds. The van der Waals surface area contributed by atoms with Crippen LogP contribution in [-0.4, -0.2) is 29.9 Å². The zero-order valence-electron chi connectivity index (χ0n) is 13.1. The fourth-order valence-electron chi connectivity index (χ4n) is 2.17. The Balaban J connectivity index is 2.66. The molecule has 4 heteroatoms. The highest BCUT2D eigenvalue weighted by Gasteiger charge is 2.12. The first-order valence-electron chi connectivity index (χ1n) is 7.55. The van der Waals surface area contributed by atoms with Crippen molar-refractivity contribution in [3.05, 3.63) is 48.0 Å². The lowest BCUT2D eigenvalue weighted by molar-refractivity contribution is -0.122. The van der Waals surface area contributed by atoms with Gasteiger partial charge in [-0.3, -0.25) is 9.69 Å². The van der Waals surface area contributed by atoms with Crippen LogP contribution in [0.4, 0.5) is 0 Å². The summed E-state index contributed by atoms with van der Waals surface area (Å²) in [6.07, 6.45) is 2.16. The molecule has 0 spiro atoms. The molecule has 1 rings (SSSR count). The maximum atomic E-state index is 11.9. The minimum Gasteiger partial charge on any atom is -0.351 e. The Labute approximate surface area is 128 Å². The number of nitrogens with zero attached hydrogens (tertiary/aromatic N) is 1. The van der Waals surface area contributed by atoms with Gasteiger partial charge >= 0.3 is 0 Å². The lowest BCUT2D eigenvalue weighted by Crippen LogP contribution is -2.40. The number of nitrogens with one attached hydrogen (secondary N) is 1. The molecule has 1 aromatic rings. The highest BCUT2D eigenvalue weighted by Crippen LogP contribution is 2.11. The van der Waals surface area contributed by atoms with Crippen LogP contribution in [0.15, 0.2) is 36.9 Å². The Kier molecular flexibility index (Phi) is 7.72. The van der Waals surface area contributed by atoms with E-state index < -0.39 is 6.04 Å². The molecule has 1 unspecified atom stereocenters. The van der Waals surface area contributed by atoms with Gasteiger partial charge < -0.3 is 11.1 Å². The summed E-state index contributed by atoms with van der Waals surface area (Å²) >= 11 is 0. The van der Waals surface area contributed by atoms with Gasteiger partial charge in [-0.05, 0) is 30.6 Å². The van der Waals surface area contributed by atoms with Crippen LogP contribution in [0.1, 0.15) is 31.4 Å². The first-order valence-corrected chi connectivity index (χ1v) is 7.55.